The van der Waals surface area contributed by atoms with Gasteiger partial charge in [0.15, 0.2) is 5.82 Å². The number of rotatable bonds is 6. The normalized spacial score (nSPS) is 17.7. The molecule has 2 aromatic heterocycles. The third kappa shape index (κ3) is 4.99. The predicted octanol–water partition coefficient (Wildman–Crippen LogP) is 6.35. The lowest BCUT2D eigenvalue weighted by atomic mass is 9.82. The van der Waals surface area contributed by atoms with E-state index in [4.69, 9.17) is 0 Å². The molecule has 7 nitrogen and oxygen atoms in total. The zero-order valence-corrected chi connectivity index (χ0v) is 21.5. The minimum absolute atomic E-state index is 0.0263. The van der Waals surface area contributed by atoms with E-state index in [1.807, 2.05) is 50.4 Å². The molecule has 0 unspecified atom stereocenters. The number of benzene rings is 2. The quantitative estimate of drug-likeness (QED) is 0.336. The first kappa shape index (κ1) is 24.7. The van der Waals surface area contributed by atoms with E-state index in [2.05, 4.69) is 35.2 Å². The van der Waals surface area contributed by atoms with Gasteiger partial charge in [-0.25, -0.2) is 9.48 Å². The van der Waals surface area contributed by atoms with Crippen LogP contribution < -0.4 is 4.90 Å². The highest BCUT2D eigenvalue weighted by molar-refractivity contribution is 6.01. The van der Waals surface area contributed by atoms with Crippen LogP contribution in [0.1, 0.15) is 56.8 Å². The van der Waals surface area contributed by atoms with E-state index < -0.39 is 5.97 Å². The van der Waals surface area contributed by atoms with Gasteiger partial charge in [0.2, 0.25) is 5.91 Å². The van der Waals surface area contributed by atoms with Crippen LogP contribution in [0.3, 0.4) is 0 Å². The van der Waals surface area contributed by atoms with Gasteiger partial charge in [-0.1, -0.05) is 31.2 Å². The summed E-state index contributed by atoms with van der Waals surface area (Å²) in [6.07, 6.45) is 8.83. The number of carboxylic acid groups (broad SMARTS) is 1. The van der Waals surface area contributed by atoms with Crippen molar-refractivity contribution in [2.75, 3.05) is 4.90 Å². The van der Waals surface area contributed by atoms with E-state index in [0.29, 0.717) is 5.92 Å². The van der Waals surface area contributed by atoms with Crippen molar-refractivity contribution in [1.29, 1.82) is 0 Å². The van der Waals surface area contributed by atoms with E-state index in [1.54, 1.807) is 15.8 Å². The number of carbonyl (C=O) groups excluding carboxylic acids is 1. The fourth-order valence-corrected chi connectivity index (χ4v) is 5.20. The summed E-state index contributed by atoms with van der Waals surface area (Å²) in [6, 6.07) is 15.8. The maximum atomic E-state index is 13.5. The molecule has 1 fully saturated rings. The smallest absolute Gasteiger partial charge is 0.341 e. The van der Waals surface area contributed by atoms with Crippen molar-refractivity contribution in [3.8, 4) is 16.8 Å². The Morgan fingerprint density at radius 1 is 0.973 bits per heavy atom. The Kier molecular flexibility index (Phi) is 6.78. The van der Waals surface area contributed by atoms with Crippen LogP contribution in [0.2, 0.25) is 0 Å². The van der Waals surface area contributed by atoms with E-state index in [1.165, 1.54) is 6.20 Å². The molecule has 1 saturated carbocycles. The van der Waals surface area contributed by atoms with E-state index >= 15 is 0 Å². The lowest BCUT2D eigenvalue weighted by Gasteiger charge is -2.32. The number of anilines is 1. The summed E-state index contributed by atoms with van der Waals surface area (Å²) in [6.45, 7) is 6.03. The van der Waals surface area contributed by atoms with Gasteiger partial charge < -0.3 is 5.11 Å². The first-order valence-electron chi connectivity index (χ1n) is 12.9. The van der Waals surface area contributed by atoms with Gasteiger partial charge in [-0.2, -0.15) is 0 Å². The summed E-state index contributed by atoms with van der Waals surface area (Å²) in [5.74, 6) is -0.392. The second-order valence-corrected chi connectivity index (χ2v) is 10.4. The second-order valence-electron chi connectivity index (χ2n) is 10.4. The molecule has 1 aliphatic carbocycles. The van der Waals surface area contributed by atoms with Crippen molar-refractivity contribution >= 4 is 28.5 Å². The highest BCUT2D eigenvalue weighted by Crippen LogP contribution is 2.33. The maximum absolute atomic E-state index is 13.5. The predicted molar refractivity (Wildman–Crippen MR) is 145 cm³/mol. The van der Waals surface area contributed by atoms with Crippen molar-refractivity contribution < 1.29 is 14.7 Å². The third-order valence-corrected chi connectivity index (χ3v) is 7.38. The second kappa shape index (κ2) is 10.2. The molecule has 0 atom stereocenters. The first-order chi connectivity index (χ1) is 17.8. The van der Waals surface area contributed by atoms with Crippen LogP contribution in [0.5, 0.6) is 0 Å². The number of nitrogens with zero attached hydrogens (tertiary/aromatic N) is 4. The van der Waals surface area contributed by atoms with Gasteiger partial charge in [0.05, 0.1) is 5.69 Å². The monoisotopic (exact) mass is 496 g/mol. The Morgan fingerprint density at radius 3 is 2.35 bits per heavy atom. The molecule has 0 bridgehead atoms. The Bertz CT molecular complexity index is 1430. The van der Waals surface area contributed by atoms with Crippen molar-refractivity contribution in [1.82, 2.24) is 14.8 Å². The summed E-state index contributed by atoms with van der Waals surface area (Å²) in [7, 11) is 0. The fraction of sp³-hybridized carbons (Fsp3) is 0.333. The Labute approximate surface area is 216 Å². The molecular formula is C30H32N4O3. The Hall–Kier alpha value is -4.00. The van der Waals surface area contributed by atoms with Gasteiger partial charge in [0.25, 0.3) is 0 Å². The largest absolute Gasteiger partial charge is 0.477 e. The highest BCUT2D eigenvalue weighted by atomic mass is 16.4. The number of pyridine rings is 1. The number of aromatic nitrogens is 3. The molecule has 1 amide bonds. The molecule has 5 rings (SSSR count). The summed E-state index contributed by atoms with van der Waals surface area (Å²) >= 11 is 0. The van der Waals surface area contributed by atoms with Gasteiger partial charge >= 0.3 is 5.97 Å². The van der Waals surface area contributed by atoms with Gasteiger partial charge in [-0.15, -0.1) is 5.10 Å². The van der Waals surface area contributed by atoms with Crippen LogP contribution in [0, 0.1) is 11.8 Å². The van der Waals surface area contributed by atoms with Gasteiger partial charge in [0, 0.05) is 35.9 Å². The molecule has 1 aliphatic rings. The third-order valence-electron chi connectivity index (χ3n) is 7.38. The minimum atomic E-state index is -1.10. The SMILES string of the molecule is CC1CCC(C(=O)N(c2nn(-c3ccc(-c4ccc5cnccc5c4)cc3)cc2C(=O)O)C(C)C)CC1. The number of carbonyl (C=O) groups is 2. The van der Waals surface area contributed by atoms with Crippen LogP contribution in [0.25, 0.3) is 27.6 Å². The summed E-state index contributed by atoms with van der Waals surface area (Å²) in [5.41, 5.74) is 2.87. The summed E-state index contributed by atoms with van der Waals surface area (Å²) in [5, 5.41) is 16.8. The number of aromatic carboxylic acids is 1. The molecule has 2 heterocycles. The number of carboxylic acids is 1. The van der Waals surface area contributed by atoms with Crippen LogP contribution >= 0.6 is 0 Å². The molecule has 190 valence electrons. The minimum Gasteiger partial charge on any atom is -0.477 e. The zero-order valence-electron chi connectivity index (χ0n) is 21.5. The van der Waals surface area contributed by atoms with Crippen LogP contribution in [0.15, 0.2) is 67.1 Å². The highest BCUT2D eigenvalue weighted by Gasteiger charge is 2.34. The molecule has 0 saturated heterocycles. The molecular weight excluding hydrogens is 464 g/mol. The van der Waals surface area contributed by atoms with E-state index in [9.17, 15) is 14.7 Å². The molecule has 0 aliphatic heterocycles. The van der Waals surface area contributed by atoms with Gasteiger partial charge in [0.1, 0.15) is 5.56 Å². The lowest BCUT2D eigenvalue weighted by Crippen LogP contribution is -2.43. The van der Waals surface area contributed by atoms with Crippen LogP contribution in [0.4, 0.5) is 5.82 Å². The molecule has 37 heavy (non-hydrogen) atoms. The van der Waals surface area contributed by atoms with Crippen LogP contribution in [-0.2, 0) is 4.79 Å². The maximum Gasteiger partial charge on any atom is 0.341 e. The van der Waals surface area contributed by atoms with Crippen molar-refractivity contribution in [2.45, 2.75) is 52.5 Å². The van der Waals surface area contributed by atoms with E-state index in [-0.39, 0.29) is 29.2 Å². The number of hydrogen-bond acceptors (Lipinski definition) is 4. The molecule has 2 aromatic carbocycles. The fourth-order valence-electron chi connectivity index (χ4n) is 5.20. The topological polar surface area (TPSA) is 88.3 Å². The van der Waals surface area contributed by atoms with E-state index in [0.717, 1.165) is 53.3 Å². The zero-order chi connectivity index (χ0) is 26.1. The molecule has 7 heteroatoms. The van der Waals surface area contributed by atoms with Crippen LogP contribution in [-0.4, -0.2) is 37.8 Å². The number of hydrogen-bond donors (Lipinski definition) is 1. The van der Waals surface area contributed by atoms with Gasteiger partial charge in [-0.05, 0) is 86.2 Å². The average molecular weight is 497 g/mol. The number of fused-ring (bicyclic) bond motifs is 1. The van der Waals surface area contributed by atoms with Crippen molar-refractivity contribution in [2.24, 2.45) is 11.8 Å². The molecule has 4 aromatic rings. The standard InChI is InChI=1S/C30H32N4O3/c1-19(2)34(29(35)22-6-4-20(3)5-7-22)28-27(30(36)37)18-33(32-28)26-12-10-21(11-13-26)23-8-9-25-17-31-15-14-24(25)16-23/h8-20,22H,4-7H2,1-3H3,(H,36,37). The average Bonchev–Trinajstić information content (AvgIpc) is 3.34. The van der Waals surface area contributed by atoms with Gasteiger partial charge in [-0.3, -0.25) is 14.7 Å². The van der Waals surface area contributed by atoms with Crippen molar-refractivity contribution in [3.05, 3.63) is 72.7 Å². The summed E-state index contributed by atoms with van der Waals surface area (Å²) in [4.78, 5) is 31.5. The van der Waals surface area contributed by atoms with Crippen molar-refractivity contribution in [3.63, 3.8) is 0 Å². The Balaban J connectivity index is 1.46. The first-order valence-corrected chi connectivity index (χ1v) is 12.9. The summed E-state index contributed by atoms with van der Waals surface area (Å²) < 4.78 is 1.56. The molecule has 0 spiro atoms. The number of amides is 1. The molecule has 1 N–H and O–H groups in total. The molecule has 0 radical (unpaired) electrons. The Morgan fingerprint density at radius 2 is 1.68 bits per heavy atom. The lowest BCUT2D eigenvalue weighted by molar-refractivity contribution is -0.124.